The SMILES string of the molecule is Cc1cc(F)c(C(F)F)nc1CC(=O)O. The number of nitrogens with zero attached hydrogens (tertiary/aromatic N) is 1. The first-order valence-corrected chi connectivity index (χ1v) is 4.07. The molecule has 82 valence electrons. The van der Waals surface area contributed by atoms with Crippen LogP contribution in [-0.4, -0.2) is 16.1 Å². The van der Waals surface area contributed by atoms with Crippen molar-refractivity contribution in [3.8, 4) is 0 Å². The number of carboxylic acids is 1. The number of carbonyl (C=O) groups is 1. The van der Waals surface area contributed by atoms with Gasteiger partial charge in [0.15, 0.2) is 5.82 Å². The summed E-state index contributed by atoms with van der Waals surface area (Å²) in [5.41, 5.74) is -0.796. The van der Waals surface area contributed by atoms with Crippen molar-refractivity contribution in [2.24, 2.45) is 0 Å². The molecule has 0 unspecified atom stereocenters. The normalized spacial score (nSPS) is 10.7. The summed E-state index contributed by atoms with van der Waals surface area (Å²) in [6.45, 7) is 1.42. The third kappa shape index (κ3) is 2.68. The second-order valence-electron chi connectivity index (χ2n) is 2.99. The molecule has 0 radical (unpaired) electrons. The van der Waals surface area contributed by atoms with Gasteiger partial charge in [-0.3, -0.25) is 4.79 Å². The number of aromatic nitrogens is 1. The first-order valence-electron chi connectivity index (χ1n) is 4.07. The van der Waals surface area contributed by atoms with Gasteiger partial charge in [-0.15, -0.1) is 0 Å². The van der Waals surface area contributed by atoms with Crippen LogP contribution < -0.4 is 0 Å². The smallest absolute Gasteiger partial charge is 0.309 e. The van der Waals surface area contributed by atoms with Crippen molar-refractivity contribution in [2.75, 3.05) is 0 Å². The van der Waals surface area contributed by atoms with Crippen molar-refractivity contribution in [3.63, 3.8) is 0 Å². The number of aliphatic carboxylic acids is 1. The standard InChI is InChI=1S/C9H8F3NO2/c1-4-2-5(10)8(9(11)12)13-6(4)3-7(14)15/h2,9H,3H2,1H3,(H,14,15). The van der Waals surface area contributed by atoms with E-state index in [0.717, 1.165) is 6.07 Å². The van der Waals surface area contributed by atoms with Crippen LogP contribution in [0.3, 0.4) is 0 Å². The first-order chi connectivity index (χ1) is 6.91. The minimum atomic E-state index is -3.04. The van der Waals surface area contributed by atoms with Gasteiger partial charge in [0.05, 0.1) is 12.1 Å². The van der Waals surface area contributed by atoms with Gasteiger partial charge in [0.1, 0.15) is 5.69 Å². The average Bonchev–Trinajstić information content (AvgIpc) is 2.08. The number of rotatable bonds is 3. The lowest BCUT2D eigenvalue weighted by Crippen LogP contribution is -2.08. The summed E-state index contributed by atoms with van der Waals surface area (Å²) in [4.78, 5) is 13.7. The van der Waals surface area contributed by atoms with E-state index in [4.69, 9.17) is 5.11 Å². The molecule has 0 spiro atoms. The maximum atomic E-state index is 12.9. The minimum absolute atomic E-state index is 0.0424. The second-order valence-corrected chi connectivity index (χ2v) is 2.99. The van der Waals surface area contributed by atoms with Gasteiger partial charge >= 0.3 is 5.97 Å². The molecule has 0 aromatic carbocycles. The summed E-state index contributed by atoms with van der Waals surface area (Å²) < 4.78 is 37.4. The van der Waals surface area contributed by atoms with Crippen LogP contribution in [0.2, 0.25) is 0 Å². The number of aryl methyl sites for hydroxylation is 1. The Morgan fingerprint density at radius 3 is 2.67 bits per heavy atom. The van der Waals surface area contributed by atoms with E-state index < -0.39 is 30.3 Å². The maximum Gasteiger partial charge on any atom is 0.309 e. The predicted molar refractivity (Wildman–Crippen MR) is 45.2 cm³/mol. The fraction of sp³-hybridized carbons (Fsp3) is 0.333. The van der Waals surface area contributed by atoms with Crippen LogP contribution in [-0.2, 0) is 11.2 Å². The molecular weight excluding hydrogens is 211 g/mol. The summed E-state index contributed by atoms with van der Waals surface area (Å²) in [6, 6.07) is 0.868. The van der Waals surface area contributed by atoms with Crippen molar-refractivity contribution in [3.05, 3.63) is 28.8 Å². The molecule has 0 aliphatic carbocycles. The molecule has 0 aliphatic heterocycles. The molecule has 1 aromatic heterocycles. The molecular formula is C9H8F3NO2. The summed E-state index contributed by atoms with van der Waals surface area (Å²) in [5, 5.41) is 8.47. The van der Waals surface area contributed by atoms with Crippen LogP contribution in [0.1, 0.15) is 23.4 Å². The van der Waals surface area contributed by atoms with Crippen LogP contribution in [0, 0.1) is 12.7 Å². The van der Waals surface area contributed by atoms with Crippen molar-refractivity contribution >= 4 is 5.97 Å². The lowest BCUT2D eigenvalue weighted by molar-refractivity contribution is -0.136. The molecule has 0 amide bonds. The highest BCUT2D eigenvalue weighted by Gasteiger charge is 2.18. The summed E-state index contributed by atoms with van der Waals surface area (Å²) in [5.74, 6) is -2.31. The monoisotopic (exact) mass is 219 g/mol. The van der Waals surface area contributed by atoms with Gasteiger partial charge in [0, 0.05) is 0 Å². The highest BCUT2D eigenvalue weighted by molar-refractivity contribution is 5.70. The second kappa shape index (κ2) is 4.29. The van der Waals surface area contributed by atoms with Crippen LogP contribution in [0.4, 0.5) is 13.2 Å². The first kappa shape index (κ1) is 11.5. The van der Waals surface area contributed by atoms with Crippen molar-refractivity contribution in [1.82, 2.24) is 4.98 Å². The van der Waals surface area contributed by atoms with Gasteiger partial charge in [0.2, 0.25) is 0 Å². The fourth-order valence-corrected chi connectivity index (χ4v) is 1.11. The number of carboxylic acid groups (broad SMARTS) is 1. The number of hydrogen-bond donors (Lipinski definition) is 1. The zero-order valence-electron chi connectivity index (χ0n) is 7.80. The van der Waals surface area contributed by atoms with E-state index >= 15 is 0 Å². The van der Waals surface area contributed by atoms with E-state index in [2.05, 4.69) is 4.98 Å². The Hall–Kier alpha value is -1.59. The van der Waals surface area contributed by atoms with E-state index in [9.17, 15) is 18.0 Å². The fourth-order valence-electron chi connectivity index (χ4n) is 1.11. The highest BCUT2D eigenvalue weighted by atomic mass is 19.3. The molecule has 0 saturated carbocycles. The molecule has 0 fully saturated rings. The number of alkyl halides is 2. The van der Waals surface area contributed by atoms with E-state index in [0.29, 0.717) is 0 Å². The van der Waals surface area contributed by atoms with Gasteiger partial charge in [-0.25, -0.2) is 18.2 Å². The highest BCUT2D eigenvalue weighted by Crippen LogP contribution is 2.22. The van der Waals surface area contributed by atoms with Crippen LogP contribution in [0.5, 0.6) is 0 Å². The van der Waals surface area contributed by atoms with Crippen LogP contribution >= 0.6 is 0 Å². The zero-order chi connectivity index (χ0) is 11.6. The predicted octanol–water partition coefficient (Wildman–Crippen LogP) is 2.09. The van der Waals surface area contributed by atoms with Crippen molar-refractivity contribution < 1.29 is 23.1 Å². The summed E-state index contributed by atoms with van der Waals surface area (Å²) >= 11 is 0. The molecule has 0 atom stereocenters. The van der Waals surface area contributed by atoms with Crippen molar-refractivity contribution in [2.45, 2.75) is 19.8 Å². The zero-order valence-corrected chi connectivity index (χ0v) is 7.80. The van der Waals surface area contributed by atoms with E-state index in [1.807, 2.05) is 0 Å². The molecule has 1 aromatic rings. The molecule has 0 bridgehead atoms. The van der Waals surface area contributed by atoms with E-state index in [1.165, 1.54) is 6.92 Å². The van der Waals surface area contributed by atoms with E-state index in [1.54, 1.807) is 0 Å². The molecule has 6 heteroatoms. The lowest BCUT2D eigenvalue weighted by atomic mass is 10.1. The Bertz CT molecular complexity index is 393. The summed E-state index contributed by atoms with van der Waals surface area (Å²) in [7, 11) is 0. The quantitative estimate of drug-likeness (QED) is 0.846. The lowest BCUT2D eigenvalue weighted by Gasteiger charge is -2.06. The number of hydrogen-bond acceptors (Lipinski definition) is 2. The van der Waals surface area contributed by atoms with Crippen molar-refractivity contribution in [1.29, 1.82) is 0 Å². The van der Waals surface area contributed by atoms with Gasteiger partial charge in [0.25, 0.3) is 6.43 Å². The Morgan fingerprint density at radius 1 is 1.60 bits per heavy atom. The van der Waals surface area contributed by atoms with Crippen LogP contribution in [0.15, 0.2) is 6.07 Å². The average molecular weight is 219 g/mol. The number of pyridine rings is 1. The molecule has 1 rings (SSSR count). The summed E-state index contributed by atoms with van der Waals surface area (Å²) in [6.07, 6.45) is -3.54. The third-order valence-corrected chi connectivity index (χ3v) is 1.82. The molecule has 15 heavy (non-hydrogen) atoms. The molecule has 3 nitrogen and oxygen atoms in total. The topological polar surface area (TPSA) is 50.2 Å². The Morgan fingerprint density at radius 2 is 2.20 bits per heavy atom. The molecule has 1 heterocycles. The Labute approximate surface area is 83.6 Å². The van der Waals surface area contributed by atoms with Gasteiger partial charge < -0.3 is 5.11 Å². The molecule has 0 aliphatic rings. The maximum absolute atomic E-state index is 12.9. The Balaban J connectivity index is 3.17. The molecule has 1 N–H and O–H groups in total. The van der Waals surface area contributed by atoms with Gasteiger partial charge in [-0.1, -0.05) is 0 Å². The largest absolute Gasteiger partial charge is 0.481 e. The third-order valence-electron chi connectivity index (χ3n) is 1.82. The van der Waals surface area contributed by atoms with E-state index in [-0.39, 0.29) is 11.3 Å². The Kier molecular flexibility index (Phi) is 3.28. The van der Waals surface area contributed by atoms with Gasteiger partial charge in [-0.2, -0.15) is 0 Å². The molecule has 0 saturated heterocycles. The van der Waals surface area contributed by atoms with Gasteiger partial charge in [-0.05, 0) is 18.6 Å². The van der Waals surface area contributed by atoms with Crippen LogP contribution in [0.25, 0.3) is 0 Å². The number of halogens is 3. The minimum Gasteiger partial charge on any atom is -0.481 e.